The zero-order valence-corrected chi connectivity index (χ0v) is 12.2. The van der Waals surface area contributed by atoms with E-state index >= 15 is 0 Å². The molecule has 0 aliphatic carbocycles. The third-order valence-electron chi connectivity index (χ3n) is 3.85. The first-order chi connectivity index (χ1) is 9.49. The van der Waals surface area contributed by atoms with Gasteiger partial charge in [0.2, 0.25) is 0 Å². The molecule has 1 heterocycles. The predicted molar refractivity (Wildman–Crippen MR) is 78.6 cm³/mol. The molecule has 2 N–H and O–H groups in total. The predicted octanol–water partition coefficient (Wildman–Crippen LogP) is 1.85. The van der Waals surface area contributed by atoms with Crippen molar-refractivity contribution in [1.82, 2.24) is 14.9 Å². The number of carbonyl (C=O) groups is 1. The van der Waals surface area contributed by atoms with Crippen molar-refractivity contribution in [3.63, 3.8) is 0 Å². The van der Waals surface area contributed by atoms with Gasteiger partial charge in [-0.15, -0.1) is 0 Å². The quantitative estimate of drug-likeness (QED) is 0.875. The van der Waals surface area contributed by atoms with Crippen LogP contribution in [0.4, 0.5) is 0 Å². The number of benzene rings is 1. The normalized spacial score (nSPS) is 14.2. The number of rotatable bonds is 5. The fraction of sp³-hybridized carbons (Fsp3) is 0.467. The summed E-state index contributed by atoms with van der Waals surface area (Å²) in [6.07, 6.45) is 3.04. The van der Waals surface area contributed by atoms with Gasteiger partial charge in [-0.05, 0) is 38.0 Å². The highest BCUT2D eigenvalue weighted by Crippen LogP contribution is 2.17. The number of aliphatic hydroxyl groups is 1. The highest BCUT2D eigenvalue weighted by Gasteiger charge is 2.24. The van der Waals surface area contributed by atoms with Crippen molar-refractivity contribution in [2.75, 3.05) is 6.61 Å². The summed E-state index contributed by atoms with van der Waals surface area (Å²) in [4.78, 5) is 16.6. The number of amides is 1. The van der Waals surface area contributed by atoms with Gasteiger partial charge in [0, 0.05) is 24.8 Å². The topological polar surface area (TPSA) is 67.2 Å². The van der Waals surface area contributed by atoms with Crippen LogP contribution in [-0.4, -0.2) is 32.7 Å². The van der Waals surface area contributed by atoms with Crippen LogP contribution in [0.5, 0.6) is 0 Å². The molecule has 5 heteroatoms. The van der Waals surface area contributed by atoms with E-state index in [1.54, 1.807) is 18.5 Å². The first-order valence-electron chi connectivity index (χ1n) is 6.83. The number of fused-ring (bicyclic) bond motifs is 1. The van der Waals surface area contributed by atoms with Crippen LogP contribution in [0, 0.1) is 0 Å². The Labute approximate surface area is 118 Å². The Morgan fingerprint density at radius 1 is 1.50 bits per heavy atom. The molecule has 0 saturated carbocycles. The molecule has 20 heavy (non-hydrogen) atoms. The summed E-state index contributed by atoms with van der Waals surface area (Å²) in [6.45, 7) is 4.00. The van der Waals surface area contributed by atoms with Crippen LogP contribution >= 0.6 is 0 Å². The van der Waals surface area contributed by atoms with Gasteiger partial charge in [0.1, 0.15) is 0 Å². The van der Waals surface area contributed by atoms with E-state index in [9.17, 15) is 4.79 Å². The van der Waals surface area contributed by atoms with Crippen molar-refractivity contribution in [3.05, 3.63) is 30.1 Å². The van der Waals surface area contributed by atoms with Crippen molar-refractivity contribution in [3.8, 4) is 0 Å². The van der Waals surface area contributed by atoms with E-state index in [1.807, 2.05) is 31.5 Å². The second kappa shape index (κ2) is 5.63. The second-order valence-electron chi connectivity index (χ2n) is 5.40. The smallest absolute Gasteiger partial charge is 0.251 e. The molecule has 0 fully saturated rings. The van der Waals surface area contributed by atoms with Crippen LogP contribution in [0.25, 0.3) is 11.0 Å². The van der Waals surface area contributed by atoms with E-state index in [0.29, 0.717) is 12.0 Å². The number of aromatic nitrogens is 2. The average Bonchev–Trinajstić information content (AvgIpc) is 2.80. The van der Waals surface area contributed by atoms with Gasteiger partial charge in [0.05, 0.1) is 17.4 Å². The van der Waals surface area contributed by atoms with Crippen molar-refractivity contribution in [2.24, 2.45) is 7.05 Å². The van der Waals surface area contributed by atoms with Crippen molar-refractivity contribution >= 4 is 16.9 Å². The Kier molecular flexibility index (Phi) is 4.09. The van der Waals surface area contributed by atoms with E-state index in [1.165, 1.54) is 0 Å². The molecule has 1 aromatic carbocycles. The van der Waals surface area contributed by atoms with Gasteiger partial charge in [0.25, 0.3) is 5.91 Å². The number of nitrogens with zero attached hydrogens (tertiary/aromatic N) is 2. The zero-order chi connectivity index (χ0) is 14.8. The first-order valence-corrected chi connectivity index (χ1v) is 6.83. The fourth-order valence-electron chi connectivity index (χ4n) is 2.20. The Morgan fingerprint density at radius 3 is 2.90 bits per heavy atom. The maximum atomic E-state index is 12.3. The number of carbonyl (C=O) groups excluding carboxylic acids is 1. The lowest BCUT2D eigenvalue weighted by molar-refractivity contribution is 0.0886. The largest absolute Gasteiger partial charge is 0.396 e. The lowest BCUT2D eigenvalue weighted by Crippen LogP contribution is -2.46. The Balaban J connectivity index is 2.22. The highest BCUT2D eigenvalue weighted by atomic mass is 16.3. The van der Waals surface area contributed by atoms with Gasteiger partial charge >= 0.3 is 0 Å². The maximum absolute atomic E-state index is 12.3. The number of aliphatic hydroxyl groups excluding tert-OH is 1. The molecule has 2 aromatic rings. The molecule has 1 amide bonds. The third kappa shape index (κ3) is 2.82. The van der Waals surface area contributed by atoms with Gasteiger partial charge in [-0.2, -0.15) is 0 Å². The van der Waals surface area contributed by atoms with Crippen molar-refractivity contribution < 1.29 is 9.90 Å². The van der Waals surface area contributed by atoms with E-state index < -0.39 is 0 Å². The summed E-state index contributed by atoms with van der Waals surface area (Å²) in [7, 11) is 1.92. The van der Waals surface area contributed by atoms with Crippen LogP contribution in [0.3, 0.4) is 0 Å². The molecule has 108 valence electrons. The molecule has 1 atom stereocenters. The third-order valence-corrected chi connectivity index (χ3v) is 3.85. The summed E-state index contributed by atoms with van der Waals surface area (Å²) in [5, 5.41) is 12.1. The molecule has 1 unspecified atom stereocenters. The zero-order valence-electron chi connectivity index (χ0n) is 12.2. The minimum atomic E-state index is -0.384. The molecule has 0 aliphatic rings. The molecule has 5 nitrogen and oxygen atoms in total. The number of aryl methyl sites for hydroxylation is 1. The SMILES string of the molecule is CCC(C)(CCO)NC(=O)c1ccc2c(c1)ncn2C. The van der Waals surface area contributed by atoms with E-state index in [-0.39, 0.29) is 18.1 Å². The number of hydrogen-bond donors (Lipinski definition) is 2. The molecule has 0 bridgehead atoms. The van der Waals surface area contributed by atoms with Crippen molar-refractivity contribution in [2.45, 2.75) is 32.2 Å². The lowest BCUT2D eigenvalue weighted by atomic mass is 9.94. The molecule has 0 aliphatic heterocycles. The van der Waals surface area contributed by atoms with Crippen LogP contribution in [0.15, 0.2) is 24.5 Å². The summed E-state index contributed by atoms with van der Waals surface area (Å²) in [6, 6.07) is 5.49. The molecular weight excluding hydrogens is 254 g/mol. The second-order valence-corrected chi connectivity index (χ2v) is 5.40. The fourth-order valence-corrected chi connectivity index (χ4v) is 2.20. The van der Waals surface area contributed by atoms with Gasteiger partial charge in [-0.3, -0.25) is 4.79 Å². The number of nitrogens with one attached hydrogen (secondary N) is 1. The number of imidazole rings is 1. The standard InChI is InChI=1S/C15H21N3O2/c1-4-15(2,7-8-19)17-14(20)11-5-6-13-12(9-11)16-10-18(13)3/h5-6,9-10,19H,4,7-8H2,1-3H3,(H,17,20). The van der Waals surface area contributed by atoms with Gasteiger partial charge in [0.15, 0.2) is 0 Å². The van der Waals surface area contributed by atoms with Crippen molar-refractivity contribution in [1.29, 1.82) is 0 Å². The van der Waals surface area contributed by atoms with E-state index in [2.05, 4.69) is 10.3 Å². The van der Waals surface area contributed by atoms with E-state index in [4.69, 9.17) is 5.11 Å². The van der Waals surface area contributed by atoms with E-state index in [0.717, 1.165) is 17.5 Å². The lowest BCUT2D eigenvalue weighted by Gasteiger charge is -2.29. The molecule has 1 aromatic heterocycles. The molecule has 0 radical (unpaired) electrons. The van der Waals surface area contributed by atoms with Gasteiger partial charge < -0.3 is 15.0 Å². The van der Waals surface area contributed by atoms with Crippen LogP contribution in [-0.2, 0) is 7.05 Å². The summed E-state index contributed by atoms with van der Waals surface area (Å²) in [5.41, 5.74) is 2.01. The summed E-state index contributed by atoms with van der Waals surface area (Å²) >= 11 is 0. The molecule has 0 spiro atoms. The van der Waals surface area contributed by atoms with Gasteiger partial charge in [-0.25, -0.2) is 4.98 Å². The Morgan fingerprint density at radius 2 is 2.25 bits per heavy atom. The first kappa shape index (κ1) is 14.5. The number of hydrogen-bond acceptors (Lipinski definition) is 3. The highest BCUT2D eigenvalue weighted by molar-refractivity contribution is 5.97. The average molecular weight is 275 g/mol. The Bertz CT molecular complexity index is 621. The minimum Gasteiger partial charge on any atom is -0.396 e. The summed E-state index contributed by atoms with van der Waals surface area (Å²) in [5.74, 6) is -0.129. The monoisotopic (exact) mass is 275 g/mol. The molecular formula is C15H21N3O2. The molecule has 0 saturated heterocycles. The molecule has 2 rings (SSSR count). The van der Waals surface area contributed by atoms with Crippen LogP contribution in [0.1, 0.15) is 37.0 Å². The Hall–Kier alpha value is -1.88. The van der Waals surface area contributed by atoms with Crippen LogP contribution in [0.2, 0.25) is 0 Å². The minimum absolute atomic E-state index is 0.0594. The maximum Gasteiger partial charge on any atom is 0.251 e. The summed E-state index contributed by atoms with van der Waals surface area (Å²) < 4.78 is 1.92. The van der Waals surface area contributed by atoms with Crippen LogP contribution < -0.4 is 5.32 Å². The van der Waals surface area contributed by atoms with Gasteiger partial charge in [-0.1, -0.05) is 6.92 Å².